The van der Waals surface area contributed by atoms with E-state index in [1.807, 2.05) is 6.92 Å². The molecule has 0 radical (unpaired) electrons. The molecule has 6 nitrogen and oxygen atoms in total. The molecule has 8 heteroatoms. The summed E-state index contributed by atoms with van der Waals surface area (Å²) >= 11 is 2.41. The monoisotopic (exact) mass is 321 g/mol. The number of nitrogens with one attached hydrogen (secondary N) is 1. The zero-order valence-corrected chi connectivity index (χ0v) is 13.1. The van der Waals surface area contributed by atoms with Gasteiger partial charge in [-0.1, -0.05) is 6.92 Å². The van der Waals surface area contributed by atoms with Gasteiger partial charge in [-0.05, 0) is 0 Å². The molecule has 20 heavy (non-hydrogen) atoms. The number of methoxy groups -OCH3 is 1. The van der Waals surface area contributed by atoms with Crippen LogP contribution in [0.15, 0.2) is 9.81 Å². The Morgan fingerprint density at radius 1 is 1.35 bits per heavy atom. The molecule has 114 valence electrons. The van der Waals surface area contributed by atoms with Crippen molar-refractivity contribution in [2.45, 2.75) is 13.0 Å². The summed E-state index contributed by atoms with van der Waals surface area (Å²) in [6, 6.07) is -0.461. The third-order valence-corrected chi connectivity index (χ3v) is 5.36. The van der Waals surface area contributed by atoms with Gasteiger partial charge in [0.2, 0.25) is 0 Å². The second-order valence-electron chi connectivity index (χ2n) is 4.36. The number of thioether (sulfide) groups is 2. The minimum Gasteiger partial charge on any atom is -0.477 e. The van der Waals surface area contributed by atoms with Gasteiger partial charge < -0.3 is 20.3 Å². The second-order valence-corrected chi connectivity index (χ2v) is 6.57. The lowest BCUT2D eigenvalue weighted by atomic mass is 10.0. The van der Waals surface area contributed by atoms with E-state index in [1.165, 1.54) is 23.5 Å². The second kappa shape index (κ2) is 8.56. The Morgan fingerprint density at radius 3 is 2.45 bits per heavy atom. The van der Waals surface area contributed by atoms with Crippen molar-refractivity contribution in [1.82, 2.24) is 5.32 Å². The van der Waals surface area contributed by atoms with Gasteiger partial charge in [0.15, 0.2) is 0 Å². The summed E-state index contributed by atoms with van der Waals surface area (Å²) in [5.41, 5.74) is 0. The van der Waals surface area contributed by atoms with Crippen molar-refractivity contribution in [2.75, 3.05) is 31.8 Å². The van der Waals surface area contributed by atoms with Crippen molar-refractivity contribution in [1.29, 1.82) is 0 Å². The van der Waals surface area contributed by atoms with Gasteiger partial charge in [0.25, 0.3) is 5.91 Å². The molecule has 1 amide bonds. The predicted octanol–water partition coefficient (Wildman–Crippen LogP) is 0.522. The molecule has 1 heterocycles. The Morgan fingerprint density at radius 2 is 1.95 bits per heavy atom. The predicted molar refractivity (Wildman–Crippen MR) is 79.6 cm³/mol. The average molecular weight is 321 g/mol. The van der Waals surface area contributed by atoms with E-state index in [0.717, 1.165) is 0 Å². The first-order chi connectivity index (χ1) is 9.51. The van der Waals surface area contributed by atoms with Crippen LogP contribution in [0.2, 0.25) is 0 Å². The van der Waals surface area contributed by atoms with Gasteiger partial charge in [-0.15, -0.1) is 23.5 Å². The lowest BCUT2D eigenvalue weighted by molar-refractivity contribution is -0.132. The van der Waals surface area contributed by atoms with Crippen molar-refractivity contribution < 1.29 is 24.5 Å². The summed E-state index contributed by atoms with van der Waals surface area (Å²) in [5, 5.41) is 21.1. The third kappa shape index (κ3) is 4.69. The molecule has 1 rings (SSSR count). The summed E-state index contributed by atoms with van der Waals surface area (Å²) in [6.07, 6.45) is 0. The van der Waals surface area contributed by atoms with Crippen LogP contribution < -0.4 is 5.32 Å². The molecule has 0 saturated carbocycles. The number of ether oxygens (including phenoxy) is 1. The Hall–Kier alpha value is -0.700. The molecule has 0 aromatic rings. The maximum atomic E-state index is 12.2. The number of rotatable bonds is 7. The van der Waals surface area contributed by atoms with Crippen LogP contribution in [-0.2, 0) is 14.3 Å². The van der Waals surface area contributed by atoms with Crippen LogP contribution >= 0.6 is 23.5 Å². The van der Waals surface area contributed by atoms with Gasteiger partial charge in [0, 0.05) is 24.5 Å². The number of carbonyl (C=O) groups is 2. The molecule has 2 unspecified atom stereocenters. The topological polar surface area (TPSA) is 95.9 Å². The Labute approximate surface area is 126 Å². The highest BCUT2D eigenvalue weighted by Crippen LogP contribution is 2.34. The quantitative estimate of drug-likeness (QED) is 0.629. The van der Waals surface area contributed by atoms with E-state index in [0.29, 0.717) is 18.1 Å². The largest absolute Gasteiger partial charge is 0.477 e. The number of carboxylic acid groups (broad SMARTS) is 1. The van der Waals surface area contributed by atoms with E-state index >= 15 is 0 Å². The fourth-order valence-electron chi connectivity index (χ4n) is 1.73. The first-order valence-electron chi connectivity index (χ1n) is 6.15. The van der Waals surface area contributed by atoms with Gasteiger partial charge in [-0.3, -0.25) is 4.79 Å². The standard InChI is InChI=1S/C12H19NO5S2/c1-7(6-18-2)8(5-14)13-11(15)9-10(12(16)17)20-4-3-19-9/h7-8,14H,3-6H2,1-2H3,(H,13,15)(H,16,17). The number of carbonyl (C=O) groups excluding carboxylic acids is 1. The van der Waals surface area contributed by atoms with Crippen LogP contribution in [0, 0.1) is 5.92 Å². The summed E-state index contributed by atoms with van der Waals surface area (Å²) in [4.78, 5) is 23.6. The van der Waals surface area contributed by atoms with E-state index in [2.05, 4.69) is 5.32 Å². The Bertz CT molecular complexity index is 399. The van der Waals surface area contributed by atoms with E-state index in [4.69, 9.17) is 9.84 Å². The Kier molecular flexibility index (Phi) is 7.42. The summed E-state index contributed by atoms with van der Waals surface area (Å²) < 4.78 is 4.99. The smallest absolute Gasteiger partial charge is 0.343 e. The number of aliphatic carboxylic acids is 1. The lowest BCUT2D eigenvalue weighted by Gasteiger charge is -2.24. The molecular weight excluding hydrogens is 302 g/mol. The van der Waals surface area contributed by atoms with E-state index in [9.17, 15) is 14.7 Å². The number of aliphatic hydroxyl groups is 1. The van der Waals surface area contributed by atoms with Gasteiger partial charge in [0.05, 0.1) is 24.2 Å². The SMILES string of the molecule is COCC(C)C(CO)NC(=O)C1=C(C(=O)O)SCCS1. The molecule has 0 fully saturated rings. The fourth-order valence-corrected chi connectivity index (χ4v) is 3.91. The van der Waals surface area contributed by atoms with Crippen molar-refractivity contribution in [3.8, 4) is 0 Å². The summed E-state index contributed by atoms with van der Waals surface area (Å²) in [6.45, 7) is 2.03. The average Bonchev–Trinajstić information content (AvgIpc) is 2.44. The van der Waals surface area contributed by atoms with Crippen LogP contribution in [-0.4, -0.2) is 60.0 Å². The van der Waals surface area contributed by atoms with Crippen molar-refractivity contribution in [3.63, 3.8) is 0 Å². The van der Waals surface area contributed by atoms with Crippen LogP contribution in [0.3, 0.4) is 0 Å². The minimum atomic E-state index is -1.09. The highest BCUT2D eigenvalue weighted by molar-refractivity contribution is 8.11. The minimum absolute atomic E-state index is 0.0657. The molecule has 0 spiro atoms. The zero-order valence-electron chi connectivity index (χ0n) is 11.4. The van der Waals surface area contributed by atoms with Gasteiger partial charge in [-0.2, -0.15) is 0 Å². The number of aliphatic hydroxyl groups excluding tert-OH is 1. The van der Waals surface area contributed by atoms with E-state index in [-0.39, 0.29) is 22.3 Å². The molecule has 0 bridgehead atoms. The van der Waals surface area contributed by atoms with E-state index in [1.54, 1.807) is 7.11 Å². The third-order valence-electron chi connectivity index (χ3n) is 2.81. The number of carboxylic acids is 1. The maximum Gasteiger partial charge on any atom is 0.343 e. The first kappa shape index (κ1) is 17.4. The normalized spacial score (nSPS) is 18.6. The first-order valence-corrected chi connectivity index (χ1v) is 8.12. The molecule has 1 aliphatic rings. The van der Waals surface area contributed by atoms with Crippen LogP contribution in [0.4, 0.5) is 0 Å². The van der Waals surface area contributed by atoms with Crippen molar-refractivity contribution >= 4 is 35.4 Å². The van der Waals surface area contributed by atoms with Crippen LogP contribution in [0.5, 0.6) is 0 Å². The molecule has 1 aliphatic heterocycles. The maximum absolute atomic E-state index is 12.2. The molecular formula is C12H19NO5S2. The van der Waals surface area contributed by atoms with Crippen LogP contribution in [0.25, 0.3) is 0 Å². The van der Waals surface area contributed by atoms with Gasteiger partial charge in [0.1, 0.15) is 4.91 Å². The van der Waals surface area contributed by atoms with Crippen molar-refractivity contribution in [2.24, 2.45) is 5.92 Å². The highest BCUT2D eigenvalue weighted by Gasteiger charge is 2.27. The van der Waals surface area contributed by atoms with Gasteiger partial charge >= 0.3 is 5.97 Å². The van der Waals surface area contributed by atoms with E-state index < -0.39 is 17.9 Å². The number of hydrogen-bond acceptors (Lipinski definition) is 6. The Balaban J connectivity index is 2.79. The lowest BCUT2D eigenvalue weighted by Crippen LogP contribution is -2.44. The van der Waals surface area contributed by atoms with Gasteiger partial charge in [-0.25, -0.2) is 4.79 Å². The fraction of sp³-hybridized carbons (Fsp3) is 0.667. The molecule has 0 aromatic heterocycles. The summed E-state index contributed by atoms with van der Waals surface area (Å²) in [7, 11) is 1.55. The van der Waals surface area contributed by atoms with Crippen molar-refractivity contribution in [3.05, 3.63) is 9.81 Å². The van der Waals surface area contributed by atoms with Crippen LogP contribution in [0.1, 0.15) is 6.92 Å². The summed E-state index contributed by atoms with van der Waals surface area (Å²) in [5.74, 6) is -0.225. The number of hydrogen-bond donors (Lipinski definition) is 3. The molecule has 0 saturated heterocycles. The molecule has 0 aromatic carbocycles. The molecule has 3 N–H and O–H groups in total. The highest BCUT2D eigenvalue weighted by atomic mass is 32.2. The zero-order chi connectivity index (χ0) is 15.1. The molecule has 2 atom stereocenters. The number of amides is 1. The molecule has 0 aliphatic carbocycles.